The SMILES string of the molecule is COc1ccsc1-c1ccncc1C=CC(=O)Nc1ccc(CCc2nnco2)cc1. The van der Waals surface area contributed by atoms with E-state index in [4.69, 9.17) is 9.15 Å². The van der Waals surface area contributed by atoms with Gasteiger partial charge in [-0.2, -0.15) is 0 Å². The van der Waals surface area contributed by atoms with Crippen molar-refractivity contribution in [2.45, 2.75) is 12.8 Å². The Balaban J connectivity index is 1.39. The lowest BCUT2D eigenvalue weighted by Gasteiger charge is -2.07. The smallest absolute Gasteiger partial charge is 0.248 e. The number of anilines is 1. The Kier molecular flexibility index (Phi) is 6.49. The maximum atomic E-state index is 12.4. The van der Waals surface area contributed by atoms with Gasteiger partial charge in [0.25, 0.3) is 0 Å². The number of hydrogen-bond acceptors (Lipinski definition) is 7. The normalized spacial score (nSPS) is 11.0. The van der Waals surface area contributed by atoms with E-state index in [1.165, 1.54) is 12.5 Å². The molecule has 0 spiro atoms. The monoisotopic (exact) mass is 432 g/mol. The van der Waals surface area contributed by atoms with Gasteiger partial charge in [0.2, 0.25) is 18.2 Å². The molecule has 3 heterocycles. The quantitative estimate of drug-likeness (QED) is 0.408. The van der Waals surface area contributed by atoms with Crippen LogP contribution in [0.1, 0.15) is 17.0 Å². The molecule has 156 valence electrons. The molecular weight excluding hydrogens is 412 g/mol. The van der Waals surface area contributed by atoms with E-state index < -0.39 is 0 Å². The number of pyridine rings is 1. The van der Waals surface area contributed by atoms with Crippen LogP contribution in [0.3, 0.4) is 0 Å². The number of methoxy groups -OCH3 is 1. The molecule has 0 saturated heterocycles. The standard InChI is InChI=1S/C23H20N4O3S/c1-29-20-11-13-31-23(20)19-10-12-24-14-17(19)5-8-21(28)26-18-6-2-16(3-7-18)4-9-22-27-25-15-30-22/h2-3,5-8,10-15H,4,9H2,1H3,(H,26,28). The van der Waals surface area contributed by atoms with Crippen molar-refractivity contribution < 1.29 is 13.9 Å². The molecule has 0 saturated carbocycles. The van der Waals surface area contributed by atoms with Gasteiger partial charge < -0.3 is 14.5 Å². The molecule has 7 nitrogen and oxygen atoms in total. The molecular formula is C23H20N4O3S. The summed E-state index contributed by atoms with van der Waals surface area (Å²) in [4.78, 5) is 17.6. The van der Waals surface area contributed by atoms with E-state index in [-0.39, 0.29) is 5.91 Å². The minimum Gasteiger partial charge on any atom is -0.495 e. The van der Waals surface area contributed by atoms with E-state index in [0.717, 1.165) is 39.4 Å². The van der Waals surface area contributed by atoms with Crippen molar-refractivity contribution in [2.75, 3.05) is 12.4 Å². The van der Waals surface area contributed by atoms with E-state index in [2.05, 4.69) is 20.5 Å². The first kappa shape index (κ1) is 20.5. The zero-order valence-electron chi connectivity index (χ0n) is 16.8. The first-order valence-corrected chi connectivity index (χ1v) is 10.5. The van der Waals surface area contributed by atoms with E-state index in [1.807, 2.05) is 41.8 Å². The minimum absolute atomic E-state index is 0.216. The zero-order valence-corrected chi connectivity index (χ0v) is 17.6. The topological polar surface area (TPSA) is 90.1 Å². The molecule has 8 heteroatoms. The van der Waals surface area contributed by atoms with Crippen LogP contribution in [-0.4, -0.2) is 28.2 Å². The van der Waals surface area contributed by atoms with Crippen LogP contribution in [-0.2, 0) is 17.6 Å². The van der Waals surface area contributed by atoms with Gasteiger partial charge in [-0.05, 0) is 47.7 Å². The molecule has 0 aliphatic heterocycles. The molecule has 0 unspecified atom stereocenters. The number of rotatable bonds is 8. The molecule has 31 heavy (non-hydrogen) atoms. The van der Waals surface area contributed by atoms with Crippen molar-refractivity contribution in [2.24, 2.45) is 0 Å². The summed E-state index contributed by atoms with van der Waals surface area (Å²) < 4.78 is 10.6. The average molecular weight is 433 g/mol. The van der Waals surface area contributed by atoms with Gasteiger partial charge in [-0.3, -0.25) is 9.78 Å². The highest BCUT2D eigenvalue weighted by Crippen LogP contribution is 2.37. The third kappa shape index (κ3) is 5.23. The fraction of sp³-hybridized carbons (Fsp3) is 0.130. The molecule has 4 rings (SSSR count). The summed E-state index contributed by atoms with van der Waals surface area (Å²) in [5.74, 6) is 1.19. The highest BCUT2D eigenvalue weighted by molar-refractivity contribution is 7.14. The number of benzene rings is 1. The van der Waals surface area contributed by atoms with Crippen molar-refractivity contribution >= 4 is 29.0 Å². The lowest BCUT2D eigenvalue weighted by atomic mass is 10.1. The number of nitrogens with zero attached hydrogens (tertiary/aromatic N) is 3. The summed E-state index contributed by atoms with van der Waals surface area (Å²) in [6.07, 6.45) is 9.51. The lowest BCUT2D eigenvalue weighted by Crippen LogP contribution is -2.07. The summed E-state index contributed by atoms with van der Waals surface area (Å²) in [6, 6.07) is 11.5. The Morgan fingerprint density at radius 2 is 2.06 bits per heavy atom. The fourth-order valence-electron chi connectivity index (χ4n) is 3.06. The van der Waals surface area contributed by atoms with Crippen LogP contribution in [0.4, 0.5) is 5.69 Å². The largest absolute Gasteiger partial charge is 0.495 e. The molecule has 1 aromatic carbocycles. The van der Waals surface area contributed by atoms with Crippen molar-refractivity contribution in [1.82, 2.24) is 15.2 Å². The van der Waals surface area contributed by atoms with Gasteiger partial charge in [0.05, 0.1) is 12.0 Å². The molecule has 1 N–H and O–H groups in total. The summed E-state index contributed by atoms with van der Waals surface area (Å²) in [5.41, 5.74) is 3.66. The Morgan fingerprint density at radius 1 is 1.19 bits per heavy atom. The molecule has 1 amide bonds. The van der Waals surface area contributed by atoms with Crippen LogP contribution >= 0.6 is 11.3 Å². The Hall–Kier alpha value is -3.78. The number of ether oxygens (including phenoxy) is 1. The number of carbonyl (C=O) groups excluding carboxylic acids is 1. The van der Waals surface area contributed by atoms with Gasteiger partial charge in [-0.25, -0.2) is 0 Å². The van der Waals surface area contributed by atoms with E-state index >= 15 is 0 Å². The molecule has 0 aliphatic rings. The lowest BCUT2D eigenvalue weighted by molar-refractivity contribution is -0.111. The van der Waals surface area contributed by atoms with Crippen molar-refractivity contribution in [1.29, 1.82) is 0 Å². The van der Waals surface area contributed by atoms with Crippen molar-refractivity contribution in [3.63, 3.8) is 0 Å². The fourth-order valence-corrected chi connectivity index (χ4v) is 3.97. The number of nitrogens with one attached hydrogen (secondary N) is 1. The van der Waals surface area contributed by atoms with Gasteiger partial charge >= 0.3 is 0 Å². The van der Waals surface area contributed by atoms with Gasteiger partial charge in [0.15, 0.2) is 0 Å². The Bertz CT molecular complexity index is 1170. The van der Waals surface area contributed by atoms with Crippen LogP contribution < -0.4 is 10.1 Å². The van der Waals surface area contributed by atoms with Crippen LogP contribution in [0.2, 0.25) is 0 Å². The number of hydrogen-bond donors (Lipinski definition) is 1. The summed E-state index contributed by atoms with van der Waals surface area (Å²) in [7, 11) is 1.64. The first-order chi connectivity index (χ1) is 15.2. The molecule has 4 aromatic rings. The maximum absolute atomic E-state index is 12.4. The molecule has 0 aliphatic carbocycles. The molecule has 0 atom stereocenters. The summed E-state index contributed by atoms with van der Waals surface area (Å²) in [5, 5.41) is 12.4. The van der Waals surface area contributed by atoms with Crippen molar-refractivity contribution in [3.05, 3.63) is 83.7 Å². The van der Waals surface area contributed by atoms with Gasteiger partial charge in [-0.15, -0.1) is 21.5 Å². The van der Waals surface area contributed by atoms with Crippen LogP contribution in [0.15, 0.2) is 71.1 Å². The van der Waals surface area contributed by atoms with E-state index in [1.54, 1.807) is 36.9 Å². The third-order valence-electron chi connectivity index (χ3n) is 4.61. The summed E-state index contributed by atoms with van der Waals surface area (Å²) >= 11 is 1.58. The first-order valence-electron chi connectivity index (χ1n) is 9.62. The minimum atomic E-state index is -0.216. The second kappa shape index (κ2) is 9.82. The van der Waals surface area contributed by atoms with Crippen molar-refractivity contribution in [3.8, 4) is 16.2 Å². The van der Waals surface area contributed by atoms with E-state index in [0.29, 0.717) is 12.3 Å². The van der Waals surface area contributed by atoms with Crippen LogP contribution in [0.5, 0.6) is 5.75 Å². The third-order valence-corrected chi connectivity index (χ3v) is 5.54. The number of aromatic nitrogens is 3. The Labute approximate surface area is 183 Å². The predicted molar refractivity (Wildman–Crippen MR) is 120 cm³/mol. The molecule has 0 radical (unpaired) electrons. The second-order valence-corrected chi connectivity index (χ2v) is 7.55. The molecule has 0 fully saturated rings. The number of amides is 1. The number of carbonyl (C=O) groups is 1. The van der Waals surface area contributed by atoms with Crippen LogP contribution in [0, 0.1) is 0 Å². The second-order valence-electron chi connectivity index (χ2n) is 6.63. The highest BCUT2D eigenvalue weighted by Gasteiger charge is 2.11. The Morgan fingerprint density at radius 3 is 2.84 bits per heavy atom. The predicted octanol–water partition coefficient (Wildman–Crippen LogP) is 4.64. The van der Waals surface area contributed by atoms with Gasteiger partial charge in [0.1, 0.15) is 5.75 Å². The number of thiophene rings is 1. The molecule has 3 aromatic heterocycles. The van der Waals surface area contributed by atoms with E-state index in [9.17, 15) is 4.79 Å². The highest BCUT2D eigenvalue weighted by atomic mass is 32.1. The average Bonchev–Trinajstić information content (AvgIpc) is 3.49. The van der Waals surface area contributed by atoms with Gasteiger partial charge in [0, 0.05) is 41.7 Å². The maximum Gasteiger partial charge on any atom is 0.248 e. The zero-order chi connectivity index (χ0) is 21.5. The van der Waals surface area contributed by atoms with Crippen LogP contribution in [0.25, 0.3) is 16.5 Å². The molecule has 0 bridgehead atoms. The number of aryl methyl sites for hydroxylation is 2. The van der Waals surface area contributed by atoms with Gasteiger partial charge in [-0.1, -0.05) is 12.1 Å². The summed E-state index contributed by atoms with van der Waals surface area (Å²) in [6.45, 7) is 0.